The van der Waals surface area contributed by atoms with E-state index in [4.69, 9.17) is 0 Å². The first-order chi connectivity index (χ1) is 5.66. The van der Waals surface area contributed by atoms with Crippen molar-refractivity contribution in [1.82, 2.24) is 9.80 Å². The van der Waals surface area contributed by atoms with Crippen molar-refractivity contribution in [3.63, 3.8) is 0 Å². The van der Waals surface area contributed by atoms with Crippen LogP contribution in [0.3, 0.4) is 0 Å². The lowest BCUT2D eigenvalue weighted by atomic mass is 10.0. The predicted octanol–water partition coefficient (Wildman–Crippen LogP) is 0.888. The summed E-state index contributed by atoms with van der Waals surface area (Å²) in [6.07, 6.45) is 2.87. The Morgan fingerprint density at radius 1 is 1.08 bits per heavy atom. The average molecular weight is 168 g/mol. The Hall–Kier alpha value is -0.0800. The molecule has 2 unspecified atom stereocenters. The largest absolute Gasteiger partial charge is 0.306 e. The van der Waals surface area contributed by atoms with Crippen LogP contribution in [0.4, 0.5) is 0 Å². The highest BCUT2D eigenvalue weighted by molar-refractivity contribution is 4.93. The zero-order valence-electron chi connectivity index (χ0n) is 8.45. The first-order valence-corrected chi connectivity index (χ1v) is 5.02. The van der Waals surface area contributed by atoms with Crippen LogP contribution in [-0.4, -0.2) is 50.1 Å². The number of hydrogen-bond donors (Lipinski definition) is 0. The zero-order chi connectivity index (χ0) is 8.72. The fourth-order valence-electron chi connectivity index (χ4n) is 2.92. The van der Waals surface area contributed by atoms with Crippen molar-refractivity contribution < 1.29 is 0 Å². The lowest BCUT2D eigenvalue weighted by molar-refractivity contribution is 0.265. The van der Waals surface area contributed by atoms with Crippen molar-refractivity contribution in [3.05, 3.63) is 0 Å². The van der Waals surface area contributed by atoms with Gasteiger partial charge in [0.15, 0.2) is 0 Å². The molecule has 12 heavy (non-hydrogen) atoms. The lowest BCUT2D eigenvalue weighted by Crippen LogP contribution is -2.27. The zero-order valence-corrected chi connectivity index (χ0v) is 8.45. The third-order valence-electron chi connectivity index (χ3n) is 3.64. The summed E-state index contributed by atoms with van der Waals surface area (Å²) in [7, 11) is 6.69. The summed E-state index contributed by atoms with van der Waals surface area (Å²) in [5.74, 6) is 2.00. The molecule has 0 N–H and O–H groups in total. The molecule has 0 amide bonds. The number of rotatable bonds is 1. The molecule has 2 aliphatic rings. The van der Waals surface area contributed by atoms with Crippen molar-refractivity contribution in [2.75, 3.05) is 34.2 Å². The van der Waals surface area contributed by atoms with Crippen LogP contribution >= 0.6 is 0 Å². The van der Waals surface area contributed by atoms with Gasteiger partial charge in [-0.15, -0.1) is 0 Å². The molecular weight excluding hydrogens is 148 g/mol. The van der Waals surface area contributed by atoms with Crippen LogP contribution in [0.15, 0.2) is 0 Å². The first-order valence-electron chi connectivity index (χ1n) is 5.02. The highest BCUT2D eigenvalue weighted by atomic mass is 15.2. The summed E-state index contributed by atoms with van der Waals surface area (Å²) in [5, 5.41) is 0. The molecule has 0 spiro atoms. The Labute approximate surface area is 75.5 Å². The van der Waals surface area contributed by atoms with E-state index >= 15 is 0 Å². The number of fused-ring (bicyclic) bond motifs is 1. The van der Waals surface area contributed by atoms with E-state index in [0.717, 1.165) is 17.9 Å². The predicted molar refractivity (Wildman–Crippen MR) is 51.2 cm³/mol. The standard InChI is InChI=1S/C10H20N2/c1-11(2)10-4-8-6-12(3)7-9(8)5-10/h8-10H,4-7H2,1-3H3. The van der Waals surface area contributed by atoms with E-state index in [1.165, 1.54) is 25.9 Å². The molecule has 2 rings (SSSR count). The summed E-state index contributed by atoms with van der Waals surface area (Å²) < 4.78 is 0. The molecule has 0 aromatic rings. The van der Waals surface area contributed by atoms with Gasteiger partial charge in [-0.25, -0.2) is 0 Å². The molecule has 0 bridgehead atoms. The first kappa shape index (κ1) is 8.52. The van der Waals surface area contributed by atoms with Gasteiger partial charge in [-0.1, -0.05) is 0 Å². The van der Waals surface area contributed by atoms with Crippen molar-refractivity contribution >= 4 is 0 Å². The van der Waals surface area contributed by atoms with E-state index < -0.39 is 0 Å². The molecule has 0 radical (unpaired) electrons. The van der Waals surface area contributed by atoms with Crippen LogP contribution in [0.1, 0.15) is 12.8 Å². The number of hydrogen-bond acceptors (Lipinski definition) is 2. The van der Waals surface area contributed by atoms with E-state index in [9.17, 15) is 0 Å². The second kappa shape index (κ2) is 3.00. The van der Waals surface area contributed by atoms with Gasteiger partial charge in [0.05, 0.1) is 0 Å². The summed E-state index contributed by atoms with van der Waals surface area (Å²) in [6.45, 7) is 2.68. The quantitative estimate of drug-likeness (QED) is 0.573. The van der Waals surface area contributed by atoms with Crippen molar-refractivity contribution in [2.24, 2.45) is 11.8 Å². The summed E-state index contributed by atoms with van der Waals surface area (Å²) >= 11 is 0. The van der Waals surface area contributed by atoms with Crippen LogP contribution in [0, 0.1) is 11.8 Å². The molecule has 0 aromatic carbocycles. The van der Waals surface area contributed by atoms with Gasteiger partial charge in [0.1, 0.15) is 0 Å². The van der Waals surface area contributed by atoms with Crippen molar-refractivity contribution in [3.8, 4) is 0 Å². The van der Waals surface area contributed by atoms with Gasteiger partial charge < -0.3 is 9.80 Å². The highest BCUT2D eigenvalue weighted by Crippen LogP contribution is 2.38. The summed E-state index contributed by atoms with van der Waals surface area (Å²) in [4.78, 5) is 4.89. The molecule has 2 nitrogen and oxygen atoms in total. The molecule has 0 aromatic heterocycles. The molecule has 1 heterocycles. The van der Waals surface area contributed by atoms with Gasteiger partial charge in [0, 0.05) is 19.1 Å². The Bertz CT molecular complexity index is 153. The second-order valence-corrected chi connectivity index (χ2v) is 4.83. The number of likely N-dealkylation sites (tertiary alicyclic amines) is 1. The molecule has 1 aliphatic heterocycles. The van der Waals surface area contributed by atoms with Crippen LogP contribution in [-0.2, 0) is 0 Å². The molecular formula is C10H20N2. The van der Waals surface area contributed by atoms with Gasteiger partial charge in [-0.3, -0.25) is 0 Å². The fourth-order valence-corrected chi connectivity index (χ4v) is 2.92. The Kier molecular flexibility index (Phi) is 2.13. The van der Waals surface area contributed by atoms with Gasteiger partial charge in [-0.05, 0) is 45.8 Å². The molecule has 1 aliphatic carbocycles. The SMILES string of the molecule is CN1CC2CC(N(C)C)CC2C1. The third kappa shape index (κ3) is 1.38. The van der Waals surface area contributed by atoms with E-state index in [0.29, 0.717) is 0 Å². The topological polar surface area (TPSA) is 6.48 Å². The van der Waals surface area contributed by atoms with Gasteiger partial charge in [0.25, 0.3) is 0 Å². The van der Waals surface area contributed by atoms with Crippen molar-refractivity contribution in [2.45, 2.75) is 18.9 Å². The molecule has 70 valence electrons. The maximum Gasteiger partial charge on any atom is 0.00956 e. The van der Waals surface area contributed by atoms with E-state index in [-0.39, 0.29) is 0 Å². The van der Waals surface area contributed by atoms with Gasteiger partial charge >= 0.3 is 0 Å². The minimum Gasteiger partial charge on any atom is -0.306 e. The Balaban J connectivity index is 1.93. The summed E-state index contributed by atoms with van der Waals surface area (Å²) in [5.41, 5.74) is 0. The minimum atomic E-state index is 0.869. The molecule has 1 saturated carbocycles. The van der Waals surface area contributed by atoms with Crippen molar-refractivity contribution in [1.29, 1.82) is 0 Å². The maximum atomic E-state index is 2.49. The normalized spacial score (nSPS) is 42.5. The van der Waals surface area contributed by atoms with Gasteiger partial charge in [-0.2, -0.15) is 0 Å². The lowest BCUT2D eigenvalue weighted by Gasteiger charge is -2.20. The average Bonchev–Trinajstić information content (AvgIpc) is 2.42. The van der Waals surface area contributed by atoms with Gasteiger partial charge in [0.2, 0.25) is 0 Å². The Morgan fingerprint density at radius 2 is 1.58 bits per heavy atom. The van der Waals surface area contributed by atoms with E-state index in [1.807, 2.05) is 0 Å². The fraction of sp³-hybridized carbons (Fsp3) is 1.00. The highest BCUT2D eigenvalue weighted by Gasteiger charge is 2.39. The Morgan fingerprint density at radius 3 is 2.00 bits per heavy atom. The van der Waals surface area contributed by atoms with E-state index in [1.54, 1.807) is 0 Å². The van der Waals surface area contributed by atoms with Crippen LogP contribution in [0.2, 0.25) is 0 Å². The molecule has 2 atom stereocenters. The maximum absolute atomic E-state index is 2.49. The second-order valence-electron chi connectivity index (χ2n) is 4.83. The molecule has 2 fully saturated rings. The molecule has 1 saturated heterocycles. The third-order valence-corrected chi connectivity index (χ3v) is 3.64. The smallest absolute Gasteiger partial charge is 0.00956 e. The van der Waals surface area contributed by atoms with Crippen LogP contribution in [0.5, 0.6) is 0 Å². The number of nitrogens with zero attached hydrogens (tertiary/aromatic N) is 2. The van der Waals surface area contributed by atoms with Crippen LogP contribution < -0.4 is 0 Å². The monoisotopic (exact) mass is 168 g/mol. The van der Waals surface area contributed by atoms with Crippen LogP contribution in [0.25, 0.3) is 0 Å². The molecule has 2 heteroatoms. The van der Waals surface area contributed by atoms with E-state index in [2.05, 4.69) is 30.9 Å². The minimum absolute atomic E-state index is 0.869. The summed E-state index contributed by atoms with van der Waals surface area (Å²) in [6, 6.07) is 0.869.